The van der Waals surface area contributed by atoms with E-state index in [4.69, 9.17) is 21.4 Å². The molecule has 0 saturated heterocycles. The predicted octanol–water partition coefficient (Wildman–Crippen LogP) is 7.64. The summed E-state index contributed by atoms with van der Waals surface area (Å²) in [5.74, 6) is 0.826. The number of halogens is 1. The molecule has 1 aliphatic rings. The summed E-state index contributed by atoms with van der Waals surface area (Å²) < 4.78 is 8.74. The maximum Gasteiger partial charge on any atom is 0.229 e. The van der Waals surface area contributed by atoms with Crippen LogP contribution in [0, 0.1) is 12.8 Å². The fourth-order valence-electron chi connectivity index (χ4n) is 4.75. The number of benzene rings is 3. The van der Waals surface area contributed by atoms with Crippen LogP contribution >= 0.6 is 22.9 Å². The lowest BCUT2D eigenvalue weighted by atomic mass is 10.0. The average Bonchev–Trinajstić information content (AvgIpc) is 3.43. The Morgan fingerprint density at radius 2 is 2.00 bits per heavy atom. The van der Waals surface area contributed by atoms with Crippen molar-refractivity contribution in [2.75, 3.05) is 11.9 Å². The Labute approximate surface area is 230 Å². The van der Waals surface area contributed by atoms with Crippen LogP contribution < -0.4 is 10.1 Å². The van der Waals surface area contributed by atoms with Gasteiger partial charge in [0.25, 0.3) is 0 Å². The zero-order chi connectivity index (χ0) is 26.2. The van der Waals surface area contributed by atoms with Gasteiger partial charge in [-0.25, -0.2) is 9.67 Å². The van der Waals surface area contributed by atoms with Gasteiger partial charge in [-0.2, -0.15) is 5.10 Å². The highest BCUT2D eigenvalue weighted by molar-refractivity contribution is 7.22. The topological polar surface area (TPSA) is 69.0 Å². The lowest BCUT2D eigenvalue weighted by Gasteiger charge is -2.10. The van der Waals surface area contributed by atoms with Gasteiger partial charge in [0.05, 0.1) is 28.2 Å². The third kappa shape index (κ3) is 4.91. The number of aryl methyl sites for hydroxylation is 1. The number of anilines is 1. The maximum absolute atomic E-state index is 13.2. The average molecular weight is 543 g/mol. The number of nitrogens with one attached hydrogen (secondary N) is 1. The van der Waals surface area contributed by atoms with Crippen LogP contribution in [0.3, 0.4) is 0 Å². The molecule has 5 aromatic rings. The zero-order valence-corrected chi connectivity index (χ0v) is 22.7. The summed E-state index contributed by atoms with van der Waals surface area (Å²) in [7, 11) is 0. The van der Waals surface area contributed by atoms with E-state index in [2.05, 4.69) is 42.5 Å². The normalized spacial score (nSPS) is 16.5. The monoisotopic (exact) mass is 542 g/mol. The molecule has 192 valence electrons. The molecule has 8 heteroatoms. The van der Waals surface area contributed by atoms with E-state index < -0.39 is 0 Å². The highest BCUT2D eigenvalue weighted by Gasteiger charge is 2.46. The van der Waals surface area contributed by atoms with E-state index in [9.17, 15) is 4.79 Å². The summed E-state index contributed by atoms with van der Waals surface area (Å²) >= 11 is 7.55. The van der Waals surface area contributed by atoms with Crippen molar-refractivity contribution in [2.24, 2.45) is 5.92 Å². The summed E-state index contributed by atoms with van der Waals surface area (Å²) in [4.78, 5) is 17.8. The number of amides is 1. The third-order valence-corrected chi connectivity index (χ3v) is 7.95. The first-order valence-electron chi connectivity index (χ1n) is 12.8. The van der Waals surface area contributed by atoms with Crippen LogP contribution in [0.1, 0.15) is 36.8 Å². The maximum atomic E-state index is 13.2. The molecule has 1 N–H and O–H groups in total. The van der Waals surface area contributed by atoms with Crippen LogP contribution in [0.2, 0.25) is 5.02 Å². The molecule has 1 aliphatic carbocycles. The number of hydrogen-bond donors (Lipinski definition) is 1. The molecule has 0 aliphatic heterocycles. The van der Waals surface area contributed by atoms with Crippen molar-refractivity contribution in [1.82, 2.24) is 14.8 Å². The molecule has 0 spiro atoms. The number of fused-ring (bicyclic) bond motifs is 1. The van der Waals surface area contributed by atoms with E-state index >= 15 is 0 Å². The van der Waals surface area contributed by atoms with Crippen molar-refractivity contribution in [3.05, 3.63) is 89.1 Å². The number of ether oxygens (including phenoxy) is 1. The second-order valence-electron chi connectivity index (χ2n) is 9.61. The van der Waals surface area contributed by atoms with Crippen molar-refractivity contribution in [3.63, 3.8) is 0 Å². The molecule has 0 bridgehead atoms. The predicted molar refractivity (Wildman–Crippen MR) is 154 cm³/mol. The van der Waals surface area contributed by atoms with Crippen molar-refractivity contribution in [2.45, 2.75) is 32.6 Å². The van der Waals surface area contributed by atoms with E-state index in [1.165, 1.54) is 11.3 Å². The summed E-state index contributed by atoms with van der Waals surface area (Å²) in [5.41, 5.74) is 5.87. The summed E-state index contributed by atoms with van der Waals surface area (Å²) in [5, 5.41) is 9.26. The minimum Gasteiger partial charge on any atom is -0.493 e. The van der Waals surface area contributed by atoms with Crippen LogP contribution in [0.25, 0.3) is 27.2 Å². The van der Waals surface area contributed by atoms with Gasteiger partial charge in [-0.05, 0) is 73.9 Å². The van der Waals surface area contributed by atoms with E-state index in [-0.39, 0.29) is 17.7 Å². The summed E-state index contributed by atoms with van der Waals surface area (Å²) in [6.07, 6.45) is 3.80. The third-order valence-electron chi connectivity index (χ3n) is 6.78. The first-order valence-corrected chi connectivity index (χ1v) is 14.0. The molecule has 3 aromatic carbocycles. The van der Waals surface area contributed by atoms with Gasteiger partial charge in [-0.15, -0.1) is 0 Å². The van der Waals surface area contributed by atoms with Gasteiger partial charge in [-0.3, -0.25) is 4.79 Å². The smallest absolute Gasteiger partial charge is 0.229 e. The SMILES string of the molecule is CCCOc1ccc(-c2nn(-c3ccccc3)cc2C2CC2C(=O)Nc2nc3ccc(Cl)cc3s2)cc1C. The van der Waals surface area contributed by atoms with Crippen LogP contribution in [0.4, 0.5) is 5.13 Å². The minimum atomic E-state index is -0.133. The van der Waals surface area contributed by atoms with Crippen LogP contribution in [0.15, 0.2) is 72.9 Å². The van der Waals surface area contributed by atoms with Crippen molar-refractivity contribution in [3.8, 4) is 22.7 Å². The molecule has 2 aromatic heterocycles. The Hall–Kier alpha value is -3.68. The zero-order valence-electron chi connectivity index (χ0n) is 21.1. The van der Waals surface area contributed by atoms with Gasteiger partial charge < -0.3 is 10.1 Å². The van der Waals surface area contributed by atoms with E-state index in [1.807, 2.05) is 59.3 Å². The molecule has 2 heterocycles. The number of para-hydroxylation sites is 1. The van der Waals surface area contributed by atoms with Crippen LogP contribution in [-0.2, 0) is 4.79 Å². The van der Waals surface area contributed by atoms with Crippen LogP contribution in [0.5, 0.6) is 5.75 Å². The number of rotatable bonds is 8. The quantitative estimate of drug-likeness (QED) is 0.219. The highest BCUT2D eigenvalue weighted by atomic mass is 35.5. The molecule has 1 amide bonds. The minimum absolute atomic E-state index is 0.0157. The molecule has 2 atom stereocenters. The standard InChI is InChI=1S/C30H27ClN4O2S/c1-3-13-37-26-12-9-19(14-18(26)2)28-24(17-35(34-28)21-7-5-4-6-8-21)22-16-23(22)29(36)33-30-32-25-11-10-20(31)15-27(25)38-30/h4-12,14-15,17,22-23H,3,13,16H2,1-2H3,(H,32,33,36). The van der Waals surface area contributed by atoms with Gasteiger partial charge in [0.1, 0.15) is 5.75 Å². The van der Waals surface area contributed by atoms with Gasteiger partial charge >= 0.3 is 0 Å². The lowest BCUT2D eigenvalue weighted by molar-refractivity contribution is -0.117. The van der Waals surface area contributed by atoms with Crippen molar-refractivity contribution in [1.29, 1.82) is 0 Å². The summed E-state index contributed by atoms with van der Waals surface area (Å²) in [6, 6.07) is 21.8. The molecule has 6 nitrogen and oxygen atoms in total. The molecular formula is C30H27ClN4O2S. The molecule has 1 fully saturated rings. The molecule has 0 radical (unpaired) electrons. The van der Waals surface area contributed by atoms with E-state index in [0.717, 1.165) is 56.9 Å². The molecule has 2 unspecified atom stereocenters. The first-order chi connectivity index (χ1) is 18.5. The molecule has 1 saturated carbocycles. The first kappa shape index (κ1) is 24.6. The fourth-order valence-corrected chi connectivity index (χ4v) is 5.89. The molecule has 6 rings (SSSR count). The lowest BCUT2D eigenvalue weighted by Crippen LogP contribution is -2.14. The van der Waals surface area contributed by atoms with Gasteiger partial charge in [-0.1, -0.05) is 48.1 Å². The Morgan fingerprint density at radius 3 is 2.79 bits per heavy atom. The Kier molecular flexibility index (Phi) is 6.64. The van der Waals surface area contributed by atoms with Crippen molar-refractivity contribution >= 4 is 44.2 Å². The summed E-state index contributed by atoms with van der Waals surface area (Å²) in [6.45, 7) is 4.84. The second-order valence-corrected chi connectivity index (χ2v) is 11.1. The number of thiazole rings is 1. The molecular weight excluding hydrogens is 516 g/mol. The highest BCUT2D eigenvalue weighted by Crippen LogP contribution is 2.51. The van der Waals surface area contributed by atoms with Gasteiger partial charge in [0, 0.05) is 34.2 Å². The van der Waals surface area contributed by atoms with Crippen LogP contribution in [-0.4, -0.2) is 27.3 Å². The van der Waals surface area contributed by atoms with Gasteiger partial charge in [0.2, 0.25) is 5.91 Å². The molecule has 38 heavy (non-hydrogen) atoms. The largest absolute Gasteiger partial charge is 0.493 e. The number of carbonyl (C=O) groups is 1. The van der Waals surface area contributed by atoms with E-state index in [0.29, 0.717) is 16.8 Å². The van der Waals surface area contributed by atoms with Gasteiger partial charge in [0.15, 0.2) is 5.13 Å². The second kappa shape index (κ2) is 10.2. The number of carbonyl (C=O) groups excluding carboxylic acids is 1. The number of hydrogen-bond acceptors (Lipinski definition) is 5. The Morgan fingerprint density at radius 1 is 1.16 bits per heavy atom. The fraction of sp³-hybridized carbons (Fsp3) is 0.233. The Balaban J connectivity index is 1.28. The number of aromatic nitrogens is 3. The van der Waals surface area contributed by atoms with Crippen molar-refractivity contribution < 1.29 is 9.53 Å². The van der Waals surface area contributed by atoms with E-state index in [1.54, 1.807) is 0 Å². The number of nitrogens with zero attached hydrogens (tertiary/aromatic N) is 3. The Bertz CT molecular complexity index is 1630.